The van der Waals surface area contributed by atoms with Gasteiger partial charge in [-0.25, -0.2) is 4.79 Å². The van der Waals surface area contributed by atoms with E-state index < -0.39 is 0 Å². The molecule has 1 aliphatic rings. The van der Waals surface area contributed by atoms with Crippen molar-refractivity contribution < 1.29 is 4.79 Å². The van der Waals surface area contributed by atoms with Crippen molar-refractivity contribution in [2.45, 2.75) is 39.7 Å². The van der Waals surface area contributed by atoms with Crippen molar-refractivity contribution in [2.24, 2.45) is 11.1 Å². The number of benzene rings is 1. The van der Waals surface area contributed by atoms with Crippen LogP contribution in [0.4, 0.5) is 10.5 Å². The molecule has 1 aromatic carbocycles. The summed E-state index contributed by atoms with van der Waals surface area (Å²) in [4.78, 5) is 20.9. The maximum absolute atomic E-state index is 12.6. The molecule has 1 aliphatic carbocycles. The zero-order chi connectivity index (χ0) is 25.0. The lowest BCUT2D eigenvalue weighted by Gasteiger charge is -2.32. The Kier molecular flexibility index (Phi) is 7.17. The van der Waals surface area contributed by atoms with Crippen LogP contribution in [0.5, 0.6) is 0 Å². The molecule has 2 amide bonds. The van der Waals surface area contributed by atoms with Crippen LogP contribution in [0.15, 0.2) is 72.5 Å². The number of nitrogens with zero attached hydrogens (tertiary/aromatic N) is 2. The minimum Gasteiger partial charge on any atom is -0.402 e. The fraction of sp³-hybridized carbons (Fsp3) is 0.259. The van der Waals surface area contributed by atoms with E-state index in [0.717, 1.165) is 47.2 Å². The molecule has 35 heavy (non-hydrogen) atoms. The predicted molar refractivity (Wildman–Crippen MR) is 140 cm³/mol. The maximum atomic E-state index is 12.6. The van der Waals surface area contributed by atoms with Gasteiger partial charge in [0.15, 0.2) is 0 Å². The van der Waals surface area contributed by atoms with Crippen molar-refractivity contribution in [2.75, 3.05) is 5.32 Å². The second-order valence-corrected chi connectivity index (χ2v) is 10.0. The van der Waals surface area contributed by atoms with E-state index in [0.29, 0.717) is 28.5 Å². The molecular formula is C27H29ClN6O. The van der Waals surface area contributed by atoms with Crippen LogP contribution in [0.25, 0.3) is 11.1 Å². The van der Waals surface area contributed by atoms with Gasteiger partial charge in [-0.2, -0.15) is 0 Å². The number of halogens is 1. The molecule has 0 radical (unpaired) electrons. The third-order valence-electron chi connectivity index (χ3n) is 6.10. The molecule has 0 bridgehead atoms. The summed E-state index contributed by atoms with van der Waals surface area (Å²) in [6, 6.07) is 10.7. The standard InChI is InChI=1S/C27H29ClN6O/c1-27(2)6-5-23(24(29)12-27)25(30)19-8-18(20-9-21(28)16-32-15-20)10-22(11-19)34-26(35)33-14-17-4-3-7-31-13-17/h3-4,7-11,13,15-16,30H,5-6,12,14,29H2,1-2H3,(H2,33,34,35). The van der Waals surface area contributed by atoms with Gasteiger partial charge in [0.1, 0.15) is 0 Å². The second-order valence-electron chi connectivity index (χ2n) is 9.58. The van der Waals surface area contributed by atoms with Crippen LogP contribution in [0.1, 0.15) is 44.2 Å². The molecule has 0 saturated carbocycles. The van der Waals surface area contributed by atoms with Gasteiger partial charge in [0.2, 0.25) is 0 Å². The predicted octanol–water partition coefficient (Wildman–Crippen LogP) is 5.91. The quantitative estimate of drug-likeness (QED) is 0.322. The molecular weight excluding hydrogens is 460 g/mol. The fourth-order valence-corrected chi connectivity index (χ4v) is 4.41. The molecule has 2 heterocycles. The Balaban J connectivity index is 1.63. The van der Waals surface area contributed by atoms with Crippen molar-refractivity contribution >= 4 is 29.0 Å². The lowest BCUT2D eigenvalue weighted by atomic mass is 9.75. The van der Waals surface area contributed by atoms with E-state index in [1.165, 1.54) is 0 Å². The smallest absolute Gasteiger partial charge is 0.319 e. The van der Waals surface area contributed by atoms with Crippen LogP contribution in [0.3, 0.4) is 0 Å². The number of anilines is 1. The van der Waals surface area contributed by atoms with Gasteiger partial charge < -0.3 is 16.4 Å². The Morgan fingerprint density at radius 3 is 2.69 bits per heavy atom. The Hall–Kier alpha value is -3.71. The number of urea groups is 1. The van der Waals surface area contributed by atoms with Gasteiger partial charge in [-0.1, -0.05) is 31.5 Å². The molecule has 7 nitrogen and oxygen atoms in total. The number of allylic oxidation sites excluding steroid dienone is 2. The van der Waals surface area contributed by atoms with Crippen molar-refractivity contribution in [3.8, 4) is 11.1 Å². The van der Waals surface area contributed by atoms with E-state index in [9.17, 15) is 4.79 Å². The minimum atomic E-state index is -0.356. The molecule has 3 aromatic rings. The highest BCUT2D eigenvalue weighted by Crippen LogP contribution is 2.38. The van der Waals surface area contributed by atoms with Crippen LogP contribution < -0.4 is 16.4 Å². The number of amides is 2. The molecule has 0 aliphatic heterocycles. The number of carbonyl (C=O) groups excluding carboxylic acids is 1. The van der Waals surface area contributed by atoms with Crippen molar-refractivity contribution in [1.29, 1.82) is 5.41 Å². The summed E-state index contributed by atoms with van der Waals surface area (Å²) in [6.45, 7) is 4.73. The molecule has 0 atom stereocenters. The number of pyridine rings is 2. The number of nitrogens with one attached hydrogen (secondary N) is 3. The first-order valence-electron chi connectivity index (χ1n) is 11.5. The molecule has 0 saturated heterocycles. The van der Waals surface area contributed by atoms with Crippen molar-refractivity contribution in [1.82, 2.24) is 15.3 Å². The fourth-order valence-electron chi connectivity index (χ4n) is 4.24. The largest absolute Gasteiger partial charge is 0.402 e. The third kappa shape index (κ3) is 6.25. The van der Waals surface area contributed by atoms with Crippen LogP contribution in [-0.4, -0.2) is 21.7 Å². The lowest BCUT2D eigenvalue weighted by molar-refractivity contribution is 0.251. The Morgan fingerprint density at radius 1 is 1.14 bits per heavy atom. The summed E-state index contributed by atoms with van der Waals surface area (Å²) in [5.41, 5.74) is 12.2. The highest BCUT2D eigenvalue weighted by atomic mass is 35.5. The lowest BCUT2D eigenvalue weighted by Crippen LogP contribution is -2.28. The first-order chi connectivity index (χ1) is 16.7. The minimum absolute atomic E-state index is 0.126. The second kappa shape index (κ2) is 10.3. The molecule has 0 spiro atoms. The summed E-state index contributed by atoms with van der Waals surface area (Å²) in [7, 11) is 0. The Morgan fingerprint density at radius 2 is 1.97 bits per heavy atom. The first kappa shape index (κ1) is 24.4. The van der Waals surface area contributed by atoms with E-state index in [1.54, 1.807) is 36.9 Å². The van der Waals surface area contributed by atoms with Gasteiger partial charge >= 0.3 is 6.03 Å². The Labute approximate surface area is 210 Å². The molecule has 4 rings (SSSR count). The van der Waals surface area contributed by atoms with Gasteiger partial charge in [-0.3, -0.25) is 15.4 Å². The number of hydrogen-bond acceptors (Lipinski definition) is 5. The number of rotatable bonds is 6. The van der Waals surface area contributed by atoms with Crippen LogP contribution in [0, 0.1) is 10.8 Å². The molecule has 2 aromatic heterocycles. The van der Waals surface area contributed by atoms with Crippen LogP contribution in [-0.2, 0) is 6.54 Å². The summed E-state index contributed by atoms with van der Waals surface area (Å²) < 4.78 is 0. The number of hydrogen-bond donors (Lipinski definition) is 4. The number of carbonyl (C=O) groups is 1. The van der Waals surface area contributed by atoms with Crippen LogP contribution in [0.2, 0.25) is 5.02 Å². The summed E-state index contributed by atoms with van der Waals surface area (Å²) in [6.07, 6.45) is 9.13. The van der Waals surface area contributed by atoms with Gasteiger partial charge in [0, 0.05) is 53.8 Å². The number of nitrogens with two attached hydrogens (primary N) is 1. The molecule has 180 valence electrons. The van der Waals surface area contributed by atoms with Crippen molar-refractivity contribution in [3.05, 3.63) is 88.6 Å². The zero-order valence-corrected chi connectivity index (χ0v) is 20.6. The van der Waals surface area contributed by atoms with Crippen LogP contribution >= 0.6 is 11.6 Å². The average Bonchev–Trinajstić information content (AvgIpc) is 2.82. The summed E-state index contributed by atoms with van der Waals surface area (Å²) in [5.74, 6) is 0. The maximum Gasteiger partial charge on any atom is 0.319 e. The van der Waals surface area contributed by atoms with E-state index in [2.05, 4.69) is 34.4 Å². The Bertz CT molecular complexity index is 1290. The summed E-state index contributed by atoms with van der Waals surface area (Å²) >= 11 is 6.17. The van der Waals surface area contributed by atoms with Gasteiger partial charge in [0.25, 0.3) is 0 Å². The van der Waals surface area contributed by atoms with E-state index in [1.807, 2.05) is 24.3 Å². The highest BCUT2D eigenvalue weighted by Gasteiger charge is 2.28. The SMILES string of the molecule is CC1(C)CCC(C(=N)c2cc(NC(=O)NCc3cccnc3)cc(-c3cncc(Cl)c3)c2)=C(N)C1. The summed E-state index contributed by atoms with van der Waals surface area (Å²) in [5, 5.41) is 15.2. The molecule has 0 fully saturated rings. The van der Waals surface area contributed by atoms with Gasteiger partial charge in [0.05, 0.1) is 10.7 Å². The monoisotopic (exact) mass is 488 g/mol. The topological polar surface area (TPSA) is 117 Å². The van der Waals surface area contributed by atoms with Gasteiger partial charge in [-0.05, 0) is 71.7 Å². The van der Waals surface area contributed by atoms with E-state index in [4.69, 9.17) is 22.7 Å². The zero-order valence-electron chi connectivity index (χ0n) is 19.9. The third-order valence-corrected chi connectivity index (χ3v) is 6.31. The van der Waals surface area contributed by atoms with E-state index >= 15 is 0 Å². The average molecular weight is 489 g/mol. The number of aromatic nitrogens is 2. The first-order valence-corrected chi connectivity index (χ1v) is 11.8. The van der Waals surface area contributed by atoms with E-state index in [-0.39, 0.29) is 11.4 Å². The van der Waals surface area contributed by atoms with Crippen molar-refractivity contribution in [3.63, 3.8) is 0 Å². The molecule has 8 heteroatoms. The van der Waals surface area contributed by atoms with Gasteiger partial charge in [-0.15, -0.1) is 0 Å². The normalized spacial score (nSPS) is 14.9. The molecule has 0 unspecified atom stereocenters. The highest BCUT2D eigenvalue weighted by molar-refractivity contribution is 6.30. The molecule has 5 N–H and O–H groups in total.